The van der Waals surface area contributed by atoms with Crippen LogP contribution in [0.3, 0.4) is 0 Å². The second kappa shape index (κ2) is 5.43. The van der Waals surface area contributed by atoms with E-state index in [2.05, 4.69) is 15.9 Å². The van der Waals surface area contributed by atoms with Crippen molar-refractivity contribution in [2.45, 2.75) is 23.8 Å². The smallest absolute Gasteiger partial charge is 0.416 e. The van der Waals surface area contributed by atoms with Gasteiger partial charge in [0.05, 0.1) is 11.1 Å². The van der Waals surface area contributed by atoms with Crippen LogP contribution in [0.5, 0.6) is 0 Å². The van der Waals surface area contributed by atoms with Crippen LogP contribution in [-0.4, -0.2) is 22.2 Å². The van der Waals surface area contributed by atoms with Crippen LogP contribution in [0.1, 0.15) is 34.8 Å². The molecule has 110 valence electrons. The number of hydrogen-bond donors (Lipinski definition) is 2. The highest BCUT2D eigenvalue weighted by Gasteiger charge is 2.40. The van der Waals surface area contributed by atoms with Crippen molar-refractivity contribution in [1.29, 1.82) is 0 Å². The van der Waals surface area contributed by atoms with E-state index in [1.165, 1.54) is 6.92 Å². The van der Waals surface area contributed by atoms with E-state index in [0.29, 0.717) is 12.1 Å². The minimum Gasteiger partial charge on any atom is -0.480 e. The third-order valence-electron chi connectivity index (χ3n) is 2.83. The largest absolute Gasteiger partial charge is 0.480 e. The molecule has 1 atom stereocenters. The highest BCUT2D eigenvalue weighted by molar-refractivity contribution is 9.10. The number of rotatable bonds is 4. The molecule has 0 amide bonds. The Balaban J connectivity index is 3.57. The Morgan fingerprint density at radius 3 is 2.15 bits per heavy atom. The number of alkyl halides is 4. The van der Waals surface area contributed by atoms with Crippen LogP contribution in [0, 0.1) is 0 Å². The molecule has 1 aromatic carbocycles. The maximum absolute atomic E-state index is 12.6. The van der Waals surface area contributed by atoms with E-state index in [1.807, 2.05) is 0 Å². The van der Waals surface area contributed by atoms with Crippen molar-refractivity contribution in [1.82, 2.24) is 0 Å². The normalized spacial score (nSPS) is 14.7. The van der Waals surface area contributed by atoms with Gasteiger partial charge in [0.15, 0.2) is 0 Å². The highest BCUT2D eigenvalue weighted by Crippen LogP contribution is 2.39. The number of halogens is 4. The first-order chi connectivity index (χ1) is 9.04. The molecule has 1 rings (SSSR count). The summed E-state index contributed by atoms with van der Waals surface area (Å²) in [6, 6.07) is 1.97. The minimum absolute atomic E-state index is 0.0338. The van der Waals surface area contributed by atoms with Gasteiger partial charge in [-0.3, -0.25) is 4.79 Å². The Labute approximate surface area is 120 Å². The fourth-order valence-corrected chi connectivity index (χ4v) is 2.05. The lowest BCUT2D eigenvalue weighted by atomic mass is 9.90. The van der Waals surface area contributed by atoms with Gasteiger partial charge in [0.1, 0.15) is 4.32 Å². The van der Waals surface area contributed by atoms with Crippen molar-refractivity contribution in [2.24, 2.45) is 0 Å². The van der Waals surface area contributed by atoms with Gasteiger partial charge >= 0.3 is 18.1 Å². The summed E-state index contributed by atoms with van der Waals surface area (Å²) in [6.45, 7) is 1.48. The molecular formula is C12H10BrF3O4. The molecule has 0 aliphatic rings. The average Bonchev–Trinajstić information content (AvgIpc) is 2.35. The molecule has 1 unspecified atom stereocenters. The first-order valence-corrected chi connectivity index (χ1v) is 6.20. The molecule has 0 aromatic heterocycles. The molecule has 0 fully saturated rings. The molecule has 0 aliphatic heterocycles. The van der Waals surface area contributed by atoms with Gasteiger partial charge in [0.25, 0.3) is 0 Å². The van der Waals surface area contributed by atoms with Gasteiger partial charge in [0, 0.05) is 0 Å². The Bertz CT molecular complexity index is 556. The number of carboxylic acid groups (broad SMARTS) is 2. The second-order valence-corrected chi connectivity index (χ2v) is 5.38. The molecule has 8 heteroatoms. The van der Waals surface area contributed by atoms with Crippen molar-refractivity contribution in [3.63, 3.8) is 0 Å². The van der Waals surface area contributed by atoms with Gasteiger partial charge in [-0.15, -0.1) is 0 Å². The van der Waals surface area contributed by atoms with E-state index < -0.39 is 33.6 Å². The van der Waals surface area contributed by atoms with E-state index in [9.17, 15) is 22.8 Å². The van der Waals surface area contributed by atoms with Crippen LogP contribution >= 0.6 is 15.9 Å². The number of carboxylic acids is 2. The van der Waals surface area contributed by atoms with E-state index in [4.69, 9.17) is 10.2 Å². The first-order valence-electron chi connectivity index (χ1n) is 5.41. The third-order valence-corrected chi connectivity index (χ3v) is 4.16. The fraction of sp³-hybridized carbons (Fsp3) is 0.333. The summed E-state index contributed by atoms with van der Waals surface area (Å²) in [4.78, 5) is 22.4. The molecule has 0 spiro atoms. The van der Waals surface area contributed by atoms with Gasteiger partial charge in [-0.2, -0.15) is 13.2 Å². The number of hydrogen-bond acceptors (Lipinski definition) is 2. The fourth-order valence-electron chi connectivity index (χ4n) is 1.70. The maximum atomic E-state index is 12.6. The number of benzene rings is 1. The minimum atomic E-state index is -4.70. The zero-order valence-corrected chi connectivity index (χ0v) is 11.7. The van der Waals surface area contributed by atoms with Gasteiger partial charge in [-0.25, -0.2) is 4.79 Å². The predicted molar refractivity (Wildman–Crippen MR) is 66.9 cm³/mol. The van der Waals surface area contributed by atoms with Crippen LogP contribution in [-0.2, 0) is 15.3 Å². The summed E-state index contributed by atoms with van der Waals surface area (Å²) in [5, 5.41) is 18.2. The molecule has 4 nitrogen and oxygen atoms in total. The van der Waals surface area contributed by atoms with Gasteiger partial charge in [-0.05, 0) is 24.1 Å². The van der Waals surface area contributed by atoms with Crippen molar-refractivity contribution >= 4 is 27.9 Å². The Hall–Kier alpha value is -1.57. The molecule has 0 bridgehead atoms. The summed E-state index contributed by atoms with van der Waals surface area (Å²) >= 11 is 2.91. The lowest BCUT2D eigenvalue weighted by Gasteiger charge is -2.24. The summed E-state index contributed by atoms with van der Waals surface area (Å²) in [7, 11) is 0. The zero-order chi connectivity index (χ0) is 15.7. The van der Waals surface area contributed by atoms with Crippen LogP contribution in [0.4, 0.5) is 13.2 Å². The molecule has 0 aliphatic carbocycles. The van der Waals surface area contributed by atoms with E-state index in [-0.39, 0.29) is 12.0 Å². The lowest BCUT2D eigenvalue weighted by molar-refractivity contribution is -0.140. The van der Waals surface area contributed by atoms with Gasteiger partial charge in [0.2, 0.25) is 0 Å². The summed E-state index contributed by atoms with van der Waals surface area (Å²) in [6.07, 6.45) is -4.74. The maximum Gasteiger partial charge on any atom is 0.416 e. The topological polar surface area (TPSA) is 74.6 Å². The lowest BCUT2D eigenvalue weighted by Crippen LogP contribution is -2.30. The van der Waals surface area contributed by atoms with Crippen LogP contribution in [0.25, 0.3) is 0 Å². The third kappa shape index (κ3) is 2.95. The summed E-state index contributed by atoms with van der Waals surface area (Å²) in [5.74, 6) is -2.99. The van der Waals surface area contributed by atoms with Crippen molar-refractivity contribution in [3.05, 3.63) is 34.9 Å². The van der Waals surface area contributed by atoms with E-state index in [1.54, 1.807) is 0 Å². The molecule has 2 N–H and O–H groups in total. The Morgan fingerprint density at radius 2 is 1.80 bits per heavy atom. The van der Waals surface area contributed by atoms with E-state index in [0.717, 1.165) is 6.07 Å². The van der Waals surface area contributed by atoms with Gasteiger partial charge in [-0.1, -0.05) is 28.9 Å². The van der Waals surface area contributed by atoms with Crippen LogP contribution < -0.4 is 0 Å². The molecule has 1 aromatic rings. The number of aliphatic carboxylic acids is 1. The quantitative estimate of drug-likeness (QED) is 0.811. The number of carbonyl (C=O) groups is 2. The van der Waals surface area contributed by atoms with Crippen molar-refractivity contribution < 1.29 is 33.0 Å². The molecule has 20 heavy (non-hydrogen) atoms. The number of aromatic carboxylic acids is 1. The zero-order valence-electron chi connectivity index (χ0n) is 10.2. The standard InChI is InChI=1S/C12H10BrF3O4/c1-2-11(13,10(19)20)8-4-3-6(12(14,15)16)5-7(8)9(17)18/h3-5H,2H2,1H3,(H,17,18)(H,19,20). The van der Waals surface area contributed by atoms with Crippen molar-refractivity contribution in [3.8, 4) is 0 Å². The molecule has 0 heterocycles. The summed E-state index contributed by atoms with van der Waals surface area (Å²) in [5.41, 5.74) is -2.07. The summed E-state index contributed by atoms with van der Waals surface area (Å²) < 4.78 is 36.0. The average molecular weight is 355 g/mol. The molecule has 0 saturated heterocycles. The molecule has 0 radical (unpaired) electrons. The Morgan fingerprint density at radius 1 is 1.25 bits per heavy atom. The van der Waals surface area contributed by atoms with E-state index >= 15 is 0 Å². The highest BCUT2D eigenvalue weighted by atomic mass is 79.9. The first kappa shape index (κ1) is 16.5. The SMILES string of the molecule is CCC(Br)(C(=O)O)c1ccc(C(F)(F)F)cc1C(=O)O. The van der Waals surface area contributed by atoms with Crippen LogP contribution in [0.2, 0.25) is 0 Å². The van der Waals surface area contributed by atoms with Crippen molar-refractivity contribution in [2.75, 3.05) is 0 Å². The second-order valence-electron chi connectivity index (χ2n) is 4.02. The predicted octanol–water partition coefficient (Wildman–Crippen LogP) is 3.49. The Kier molecular flexibility index (Phi) is 4.48. The molecule has 0 saturated carbocycles. The van der Waals surface area contributed by atoms with Crippen LogP contribution in [0.15, 0.2) is 18.2 Å². The monoisotopic (exact) mass is 354 g/mol. The van der Waals surface area contributed by atoms with Gasteiger partial charge < -0.3 is 10.2 Å². The molecular weight excluding hydrogens is 345 g/mol.